The molecule has 0 radical (unpaired) electrons. The number of nitrogens with zero attached hydrogens (tertiary/aromatic N) is 3. The molecule has 2 aromatic rings. The molecule has 0 fully saturated rings. The van der Waals surface area contributed by atoms with Crippen LogP contribution in [0.3, 0.4) is 0 Å². The van der Waals surface area contributed by atoms with E-state index in [0.717, 1.165) is 36.7 Å². The van der Waals surface area contributed by atoms with Crippen molar-refractivity contribution in [1.82, 2.24) is 14.9 Å². The summed E-state index contributed by atoms with van der Waals surface area (Å²) in [5, 5.41) is 6.49. The fourth-order valence-electron chi connectivity index (χ4n) is 2.27. The van der Waals surface area contributed by atoms with E-state index in [1.54, 1.807) is 19.1 Å². The lowest BCUT2D eigenvalue weighted by Gasteiger charge is -2.12. The van der Waals surface area contributed by atoms with Crippen LogP contribution in [0.25, 0.3) is 0 Å². The molecule has 6 heteroatoms. The molecule has 0 atom stereocenters. The first-order valence-corrected chi connectivity index (χ1v) is 8.06. The van der Waals surface area contributed by atoms with E-state index >= 15 is 0 Å². The molecule has 1 aromatic heterocycles. The van der Waals surface area contributed by atoms with Gasteiger partial charge in [-0.25, -0.2) is 4.98 Å². The van der Waals surface area contributed by atoms with E-state index in [-0.39, 0.29) is 5.78 Å². The Bertz CT molecular complexity index is 700. The monoisotopic (exact) mass is 327 g/mol. The lowest BCUT2D eigenvalue weighted by molar-refractivity contribution is 0.101. The van der Waals surface area contributed by atoms with Crippen LogP contribution >= 0.6 is 0 Å². The summed E-state index contributed by atoms with van der Waals surface area (Å²) in [5.41, 5.74) is 2.34. The number of ketones is 1. The molecule has 0 amide bonds. The number of carbonyl (C=O) groups excluding carboxylic acids is 1. The topological polar surface area (TPSA) is 70.2 Å². The Balaban J connectivity index is 2.05. The standard InChI is InChI=1S/C18H25N5O/c1-13-11-17(19-9-6-10-23(3)4)22-18(20-13)21-16-8-5-7-15(12-16)14(2)24/h5,7-8,11-12H,6,9-10H2,1-4H3,(H2,19,20,21,22). The molecule has 0 aliphatic heterocycles. The summed E-state index contributed by atoms with van der Waals surface area (Å²) in [4.78, 5) is 22.5. The van der Waals surface area contributed by atoms with Crippen LogP contribution < -0.4 is 10.6 Å². The maximum absolute atomic E-state index is 11.5. The van der Waals surface area contributed by atoms with Crippen molar-refractivity contribution in [3.63, 3.8) is 0 Å². The van der Waals surface area contributed by atoms with E-state index in [9.17, 15) is 4.79 Å². The average molecular weight is 327 g/mol. The van der Waals surface area contributed by atoms with Crippen LogP contribution in [0.1, 0.15) is 29.4 Å². The number of rotatable bonds is 8. The normalized spacial score (nSPS) is 10.7. The summed E-state index contributed by atoms with van der Waals surface area (Å²) in [6.45, 7) is 5.37. The number of aryl methyl sites for hydroxylation is 1. The van der Waals surface area contributed by atoms with Crippen LogP contribution in [-0.2, 0) is 0 Å². The minimum atomic E-state index is 0.0343. The van der Waals surface area contributed by atoms with Gasteiger partial charge in [0.15, 0.2) is 5.78 Å². The van der Waals surface area contributed by atoms with Crippen LogP contribution in [-0.4, -0.2) is 47.8 Å². The first kappa shape index (κ1) is 17.9. The van der Waals surface area contributed by atoms with E-state index in [1.807, 2.05) is 25.1 Å². The molecule has 0 aliphatic rings. The predicted molar refractivity (Wildman–Crippen MR) is 98.2 cm³/mol. The van der Waals surface area contributed by atoms with Crippen LogP contribution in [0.4, 0.5) is 17.5 Å². The maximum Gasteiger partial charge on any atom is 0.229 e. The SMILES string of the molecule is CC(=O)c1cccc(Nc2nc(C)cc(NCCCN(C)C)n2)c1. The molecule has 0 saturated carbocycles. The number of nitrogens with one attached hydrogen (secondary N) is 2. The first-order chi connectivity index (χ1) is 11.4. The number of benzene rings is 1. The number of aromatic nitrogens is 2. The molecule has 2 N–H and O–H groups in total. The Hall–Kier alpha value is -2.47. The summed E-state index contributed by atoms with van der Waals surface area (Å²) in [5.74, 6) is 1.35. The van der Waals surface area contributed by atoms with Crippen molar-refractivity contribution in [2.45, 2.75) is 20.3 Å². The van der Waals surface area contributed by atoms with Crippen LogP contribution in [0.2, 0.25) is 0 Å². The highest BCUT2D eigenvalue weighted by Gasteiger charge is 2.05. The zero-order chi connectivity index (χ0) is 17.5. The van der Waals surface area contributed by atoms with Gasteiger partial charge in [0.1, 0.15) is 5.82 Å². The average Bonchev–Trinajstić information content (AvgIpc) is 2.51. The molecule has 2 rings (SSSR count). The number of carbonyl (C=O) groups is 1. The highest BCUT2D eigenvalue weighted by molar-refractivity contribution is 5.95. The molecule has 0 aliphatic carbocycles. The zero-order valence-electron chi connectivity index (χ0n) is 14.8. The smallest absolute Gasteiger partial charge is 0.229 e. The highest BCUT2D eigenvalue weighted by Crippen LogP contribution is 2.17. The van der Waals surface area contributed by atoms with Gasteiger partial charge in [-0.05, 0) is 53.0 Å². The van der Waals surface area contributed by atoms with Gasteiger partial charge in [-0.3, -0.25) is 4.79 Å². The van der Waals surface area contributed by atoms with Crippen LogP contribution in [0.5, 0.6) is 0 Å². The summed E-state index contributed by atoms with van der Waals surface area (Å²) >= 11 is 0. The van der Waals surface area contributed by atoms with E-state index < -0.39 is 0 Å². The second-order valence-electron chi connectivity index (χ2n) is 6.06. The molecule has 0 bridgehead atoms. The summed E-state index contributed by atoms with van der Waals surface area (Å²) in [7, 11) is 4.12. The van der Waals surface area contributed by atoms with Gasteiger partial charge in [0.25, 0.3) is 0 Å². The highest BCUT2D eigenvalue weighted by atomic mass is 16.1. The minimum absolute atomic E-state index is 0.0343. The number of hydrogen-bond donors (Lipinski definition) is 2. The van der Waals surface area contributed by atoms with Crippen molar-refractivity contribution < 1.29 is 4.79 Å². The third-order valence-corrected chi connectivity index (χ3v) is 3.47. The third kappa shape index (κ3) is 5.62. The van der Waals surface area contributed by atoms with E-state index in [4.69, 9.17) is 0 Å². The first-order valence-electron chi connectivity index (χ1n) is 8.06. The Morgan fingerprint density at radius 1 is 1.21 bits per heavy atom. The van der Waals surface area contributed by atoms with Gasteiger partial charge < -0.3 is 15.5 Å². The second-order valence-corrected chi connectivity index (χ2v) is 6.06. The van der Waals surface area contributed by atoms with Gasteiger partial charge in [-0.15, -0.1) is 0 Å². The molecule has 1 aromatic carbocycles. The van der Waals surface area contributed by atoms with E-state index in [0.29, 0.717) is 11.5 Å². The molecule has 0 spiro atoms. The number of anilines is 3. The second kappa shape index (κ2) is 8.40. The predicted octanol–water partition coefficient (Wildman–Crippen LogP) is 3.09. The molecule has 1 heterocycles. The molecular weight excluding hydrogens is 302 g/mol. The Morgan fingerprint density at radius 3 is 2.71 bits per heavy atom. The number of hydrogen-bond acceptors (Lipinski definition) is 6. The molecule has 0 saturated heterocycles. The van der Waals surface area contributed by atoms with E-state index in [2.05, 4.69) is 39.6 Å². The Kier molecular flexibility index (Phi) is 6.26. The maximum atomic E-state index is 11.5. The van der Waals surface area contributed by atoms with Gasteiger partial charge in [0.2, 0.25) is 5.95 Å². The molecule has 0 unspecified atom stereocenters. The van der Waals surface area contributed by atoms with Crippen molar-refractivity contribution >= 4 is 23.2 Å². The lowest BCUT2D eigenvalue weighted by Crippen LogP contribution is -2.17. The lowest BCUT2D eigenvalue weighted by atomic mass is 10.1. The molecule has 6 nitrogen and oxygen atoms in total. The van der Waals surface area contributed by atoms with Gasteiger partial charge in [0.05, 0.1) is 0 Å². The minimum Gasteiger partial charge on any atom is -0.370 e. The van der Waals surface area contributed by atoms with Crippen molar-refractivity contribution in [2.24, 2.45) is 0 Å². The van der Waals surface area contributed by atoms with Gasteiger partial charge in [-0.1, -0.05) is 12.1 Å². The Morgan fingerprint density at radius 2 is 2.00 bits per heavy atom. The quantitative estimate of drug-likeness (QED) is 0.573. The van der Waals surface area contributed by atoms with Crippen molar-refractivity contribution in [3.8, 4) is 0 Å². The van der Waals surface area contributed by atoms with Gasteiger partial charge >= 0.3 is 0 Å². The summed E-state index contributed by atoms with van der Waals surface area (Å²) < 4.78 is 0. The summed E-state index contributed by atoms with van der Waals surface area (Å²) in [6, 6.07) is 9.25. The third-order valence-electron chi connectivity index (χ3n) is 3.47. The largest absolute Gasteiger partial charge is 0.370 e. The number of Topliss-reactive ketones (excluding diaryl/α,β-unsaturated/α-hetero) is 1. The van der Waals surface area contributed by atoms with E-state index in [1.165, 1.54) is 0 Å². The van der Waals surface area contributed by atoms with Crippen LogP contribution in [0, 0.1) is 6.92 Å². The van der Waals surface area contributed by atoms with Gasteiger partial charge in [0, 0.05) is 29.6 Å². The molecule has 24 heavy (non-hydrogen) atoms. The fourth-order valence-corrected chi connectivity index (χ4v) is 2.27. The Labute approximate surface area is 143 Å². The van der Waals surface area contributed by atoms with Crippen molar-refractivity contribution in [2.75, 3.05) is 37.8 Å². The van der Waals surface area contributed by atoms with Gasteiger partial charge in [-0.2, -0.15) is 4.98 Å². The zero-order valence-corrected chi connectivity index (χ0v) is 14.8. The fraction of sp³-hybridized carbons (Fsp3) is 0.389. The van der Waals surface area contributed by atoms with Crippen LogP contribution in [0.15, 0.2) is 30.3 Å². The van der Waals surface area contributed by atoms with Crippen molar-refractivity contribution in [1.29, 1.82) is 0 Å². The van der Waals surface area contributed by atoms with Crippen molar-refractivity contribution in [3.05, 3.63) is 41.6 Å². The molecular formula is C18H25N5O. The summed E-state index contributed by atoms with van der Waals surface area (Å²) in [6.07, 6.45) is 1.04. The molecule has 128 valence electrons.